The first-order valence-corrected chi connectivity index (χ1v) is 10.7. The molecule has 4 aromatic rings. The number of amides is 1. The highest BCUT2D eigenvalue weighted by atomic mass is 35.5. The minimum Gasteiger partial charge on any atom is -0.324 e. The molecule has 2 heterocycles. The highest BCUT2D eigenvalue weighted by Crippen LogP contribution is 2.29. The number of aromatic nitrogens is 4. The predicted octanol–water partition coefficient (Wildman–Crippen LogP) is 5.12. The van der Waals surface area contributed by atoms with Crippen LogP contribution in [0.2, 0.25) is 5.02 Å². The molecule has 0 bridgehead atoms. The summed E-state index contributed by atoms with van der Waals surface area (Å²) in [6, 6.07) is 11.9. The van der Waals surface area contributed by atoms with Crippen molar-refractivity contribution in [3.63, 3.8) is 0 Å². The summed E-state index contributed by atoms with van der Waals surface area (Å²) in [6.07, 6.45) is 3.23. The minimum absolute atomic E-state index is 0.147. The maximum absolute atomic E-state index is 12.5. The first-order chi connectivity index (χ1) is 14.4. The monoisotopic (exact) mass is 437 g/mol. The Morgan fingerprint density at radius 3 is 2.60 bits per heavy atom. The van der Waals surface area contributed by atoms with E-state index >= 15 is 0 Å². The fourth-order valence-electron chi connectivity index (χ4n) is 3.20. The number of benzene rings is 2. The van der Waals surface area contributed by atoms with Gasteiger partial charge in [-0.1, -0.05) is 47.1 Å². The largest absolute Gasteiger partial charge is 0.324 e. The van der Waals surface area contributed by atoms with Crippen molar-refractivity contribution in [3.05, 3.63) is 70.6 Å². The average molecular weight is 438 g/mol. The molecule has 0 aliphatic rings. The molecule has 1 amide bonds. The van der Waals surface area contributed by atoms with Crippen molar-refractivity contribution in [2.24, 2.45) is 0 Å². The van der Waals surface area contributed by atoms with Crippen molar-refractivity contribution >= 4 is 46.0 Å². The fourth-order valence-corrected chi connectivity index (χ4v) is 4.33. The summed E-state index contributed by atoms with van der Waals surface area (Å²) in [5.41, 5.74) is 5.44. The molecule has 8 heteroatoms. The molecule has 0 fully saturated rings. The number of carbonyl (C=O) groups is 1. The number of aryl methyl sites for hydroxylation is 3. The van der Waals surface area contributed by atoms with Crippen molar-refractivity contribution < 1.29 is 4.79 Å². The second kappa shape index (κ2) is 8.45. The van der Waals surface area contributed by atoms with E-state index in [2.05, 4.69) is 20.4 Å². The van der Waals surface area contributed by atoms with Crippen LogP contribution in [0.4, 0.5) is 5.69 Å². The average Bonchev–Trinajstić information content (AvgIpc) is 3.14. The van der Waals surface area contributed by atoms with Crippen molar-refractivity contribution in [1.29, 1.82) is 0 Å². The summed E-state index contributed by atoms with van der Waals surface area (Å²) < 4.78 is 1.77. The second-order valence-corrected chi connectivity index (χ2v) is 8.45. The summed E-state index contributed by atoms with van der Waals surface area (Å²) in [5, 5.41) is 9.42. The Balaban J connectivity index is 1.52. The van der Waals surface area contributed by atoms with E-state index in [0.29, 0.717) is 21.4 Å². The predicted molar refractivity (Wildman–Crippen MR) is 122 cm³/mol. The van der Waals surface area contributed by atoms with Gasteiger partial charge in [0.2, 0.25) is 5.91 Å². The molecule has 4 rings (SSSR count). The lowest BCUT2D eigenvalue weighted by molar-refractivity contribution is -0.113. The number of nitrogens with zero attached hydrogens (tertiary/aromatic N) is 4. The number of fused-ring (bicyclic) bond motifs is 1. The van der Waals surface area contributed by atoms with Gasteiger partial charge in [-0.15, -0.1) is 0 Å². The lowest BCUT2D eigenvalue weighted by Crippen LogP contribution is -2.15. The molecular weight excluding hydrogens is 418 g/mol. The number of anilines is 1. The Bertz CT molecular complexity index is 1210. The Morgan fingerprint density at radius 2 is 1.87 bits per heavy atom. The van der Waals surface area contributed by atoms with Gasteiger partial charge in [0.05, 0.1) is 33.7 Å². The van der Waals surface area contributed by atoms with Gasteiger partial charge >= 0.3 is 0 Å². The Morgan fingerprint density at radius 1 is 1.10 bits per heavy atom. The zero-order valence-electron chi connectivity index (χ0n) is 16.8. The van der Waals surface area contributed by atoms with Crippen molar-refractivity contribution in [3.8, 4) is 5.69 Å². The molecule has 0 aliphatic carbocycles. The summed E-state index contributed by atoms with van der Waals surface area (Å²) in [6.45, 7) is 5.94. The zero-order chi connectivity index (χ0) is 21.3. The summed E-state index contributed by atoms with van der Waals surface area (Å²) in [7, 11) is 0. The molecule has 0 saturated heterocycles. The standard InChI is InChI=1S/C22H20ClN5OS/c1-13-4-6-16(7-5-13)28-21-17(10-26-28)22(25-12-24-21)30-11-19(29)27-20-15(3)8-14(2)9-18(20)23/h4-10,12H,11H2,1-3H3,(H,27,29). The van der Waals surface area contributed by atoms with E-state index < -0.39 is 0 Å². The molecular formula is C22H20ClN5OS. The van der Waals surface area contributed by atoms with Crippen LogP contribution in [0.5, 0.6) is 0 Å². The zero-order valence-corrected chi connectivity index (χ0v) is 18.4. The normalized spacial score (nSPS) is 11.1. The molecule has 0 radical (unpaired) electrons. The molecule has 30 heavy (non-hydrogen) atoms. The topological polar surface area (TPSA) is 72.7 Å². The quantitative estimate of drug-likeness (QED) is 0.346. The molecule has 2 aromatic heterocycles. The Kier molecular flexibility index (Phi) is 5.74. The molecule has 152 valence electrons. The van der Waals surface area contributed by atoms with Crippen LogP contribution in [0.1, 0.15) is 16.7 Å². The molecule has 0 aliphatic heterocycles. The second-order valence-electron chi connectivity index (χ2n) is 7.08. The number of hydrogen-bond donors (Lipinski definition) is 1. The molecule has 0 spiro atoms. The summed E-state index contributed by atoms with van der Waals surface area (Å²) in [5.74, 6) is 0.0532. The molecule has 2 aromatic carbocycles. The number of carbonyl (C=O) groups excluding carboxylic acids is 1. The number of thioether (sulfide) groups is 1. The van der Waals surface area contributed by atoms with Gasteiger partial charge in [-0.25, -0.2) is 14.6 Å². The van der Waals surface area contributed by atoms with Gasteiger partial charge in [-0.05, 0) is 50.1 Å². The summed E-state index contributed by atoms with van der Waals surface area (Å²) >= 11 is 7.64. The van der Waals surface area contributed by atoms with Crippen LogP contribution in [0.3, 0.4) is 0 Å². The van der Waals surface area contributed by atoms with Gasteiger partial charge in [-0.3, -0.25) is 4.79 Å². The lowest BCUT2D eigenvalue weighted by Gasteiger charge is -2.11. The number of rotatable bonds is 5. The van der Waals surface area contributed by atoms with Crippen molar-refractivity contribution in [1.82, 2.24) is 19.7 Å². The number of halogens is 1. The molecule has 0 saturated carbocycles. The van der Waals surface area contributed by atoms with Crippen molar-refractivity contribution in [2.45, 2.75) is 25.8 Å². The third kappa shape index (κ3) is 4.17. The van der Waals surface area contributed by atoms with E-state index in [0.717, 1.165) is 22.2 Å². The van der Waals surface area contributed by atoms with Gasteiger partial charge in [0.25, 0.3) is 0 Å². The molecule has 6 nitrogen and oxygen atoms in total. The van der Waals surface area contributed by atoms with Crippen LogP contribution in [-0.2, 0) is 4.79 Å². The SMILES string of the molecule is Cc1ccc(-n2ncc3c(SCC(=O)Nc4c(C)cc(C)cc4Cl)ncnc32)cc1. The Labute approximate surface area is 183 Å². The first kappa shape index (κ1) is 20.4. The van der Waals surface area contributed by atoms with Crippen LogP contribution in [0, 0.1) is 20.8 Å². The molecule has 1 N–H and O–H groups in total. The molecule has 0 atom stereocenters. The van der Waals surface area contributed by atoms with E-state index in [-0.39, 0.29) is 11.7 Å². The number of hydrogen-bond acceptors (Lipinski definition) is 5. The van der Waals surface area contributed by atoms with Gasteiger partial charge in [0, 0.05) is 0 Å². The van der Waals surface area contributed by atoms with E-state index in [9.17, 15) is 4.79 Å². The van der Waals surface area contributed by atoms with Crippen LogP contribution in [-0.4, -0.2) is 31.4 Å². The van der Waals surface area contributed by atoms with Crippen LogP contribution < -0.4 is 5.32 Å². The van der Waals surface area contributed by atoms with Gasteiger partial charge in [0.15, 0.2) is 5.65 Å². The third-order valence-corrected chi connectivity index (χ3v) is 5.95. The van der Waals surface area contributed by atoms with E-state index in [4.69, 9.17) is 11.6 Å². The first-order valence-electron chi connectivity index (χ1n) is 9.37. The van der Waals surface area contributed by atoms with Crippen LogP contribution >= 0.6 is 23.4 Å². The minimum atomic E-state index is -0.147. The highest BCUT2D eigenvalue weighted by molar-refractivity contribution is 8.00. The van der Waals surface area contributed by atoms with E-state index in [1.165, 1.54) is 23.7 Å². The van der Waals surface area contributed by atoms with Crippen LogP contribution in [0.15, 0.2) is 53.9 Å². The van der Waals surface area contributed by atoms with Gasteiger partial charge < -0.3 is 5.32 Å². The maximum atomic E-state index is 12.5. The number of nitrogens with one attached hydrogen (secondary N) is 1. The smallest absolute Gasteiger partial charge is 0.234 e. The summed E-state index contributed by atoms with van der Waals surface area (Å²) in [4.78, 5) is 21.2. The van der Waals surface area contributed by atoms with Gasteiger partial charge in [0.1, 0.15) is 11.4 Å². The van der Waals surface area contributed by atoms with Crippen LogP contribution in [0.25, 0.3) is 16.7 Å². The third-order valence-electron chi connectivity index (χ3n) is 4.64. The molecule has 0 unspecified atom stereocenters. The Hall–Kier alpha value is -2.90. The van der Waals surface area contributed by atoms with E-state index in [1.54, 1.807) is 10.9 Å². The van der Waals surface area contributed by atoms with E-state index in [1.807, 2.05) is 57.2 Å². The lowest BCUT2D eigenvalue weighted by atomic mass is 10.1. The fraction of sp³-hybridized carbons (Fsp3) is 0.182. The highest BCUT2D eigenvalue weighted by Gasteiger charge is 2.14. The maximum Gasteiger partial charge on any atom is 0.234 e. The van der Waals surface area contributed by atoms with Crippen molar-refractivity contribution in [2.75, 3.05) is 11.1 Å². The van der Waals surface area contributed by atoms with Gasteiger partial charge in [-0.2, -0.15) is 5.10 Å².